The molecule has 0 heterocycles. The molecule has 0 bridgehead atoms. The molecule has 1 aliphatic rings. The van der Waals surface area contributed by atoms with Gasteiger partial charge in [0.1, 0.15) is 6.04 Å². The van der Waals surface area contributed by atoms with E-state index in [2.05, 4.69) is 5.32 Å². The third-order valence-corrected chi connectivity index (χ3v) is 3.56. The maximum atomic E-state index is 11.6. The maximum Gasteiger partial charge on any atom is 0.323 e. The fraction of sp³-hybridized carbons (Fsp3) is 0.846. The fourth-order valence-electron chi connectivity index (χ4n) is 2.48. The maximum absolute atomic E-state index is 11.6. The molecule has 0 aromatic rings. The molecule has 1 fully saturated rings. The van der Waals surface area contributed by atoms with Gasteiger partial charge in [0.15, 0.2) is 0 Å². The summed E-state index contributed by atoms with van der Waals surface area (Å²) in [6.45, 7) is 3.90. The number of ether oxygens (including phenoxy) is 1. The van der Waals surface area contributed by atoms with Crippen LogP contribution in [0.3, 0.4) is 0 Å². The van der Waals surface area contributed by atoms with Gasteiger partial charge in [-0.2, -0.15) is 0 Å². The molecule has 1 aliphatic carbocycles. The number of hydrogen-bond donors (Lipinski definition) is 2. The summed E-state index contributed by atoms with van der Waals surface area (Å²) in [5.74, 6) is -1.17. The monoisotopic (exact) mass is 257 g/mol. The summed E-state index contributed by atoms with van der Waals surface area (Å²) in [5, 5.41) is 12.3. The number of carbonyl (C=O) groups excluding carboxylic acids is 1. The Balaban J connectivity index is 2.58. The van der Waals surface area contributed by atoms with E-state index in [0.29, 0.717) is 6.42 Å². The number of carbonyl (C=O) groups is 2. The van der Waals surface area contributed by atoms with E-state index in [9.17, 15) is 9.59 Å². The summed E-state index contributed by atoms with van der Waals surface area (Å²) in [6, 6.07) is -0.265. The van der Waals surface area contributed by atoms with Crippen LogP contribution in [-0.4, -0.2) is 36.2 Å². The molecule has 0 aromatic heterocycles. The van der Waals surface area contributed by atoms with Crippen LogP contribution < -0.4 is 5.32 Å². The van der Waals surface area contributed by atoms with E-state index in [1.54, 1.807) is 0 Å². The topological polar surface area (TPSA) is 75.6 Å². The molecule has 0 aromatic carbocycles. The lowest BCUT2D eigenvalue weighted by atomic mass is 9.85. The molecule has 0 aliphatic heterocycles. The van der Waals surface area contributed by atoms with E-state index in [1.165, 1.54) is 7.11 Å². The second-order valence-electron chi connectivity index (χ2n) is 5.31. The van der Waals surface area contributed by atoms with Gasteiger partial charge in [0.05, 0.1) is 13.0 Å². The zero-order valence-electron chi connectivity index (χ0n) is 11.3. The average Bonchev–Trinajstić information content (AvgIpc) is 2.35. The lowest BCUT2D eigenvalue weighted by Gasteiger charge is -2.31. The molecule has 0 spiro atoms. The largest absolute Gasteiger partial charge is 0.481 e. The van der Waals surface area contributed by atoms with Gasteiger partial charge < -0.3 is 15.2 Å². The molecule has 5 nitrogen and oxygen atoms in total. The van der Waals surface area contributed by atoms with Crippen molar-refractivity contribution in [2.45, 2.75) is 51.6 Å². The number of carboxylic acid groups (broad SMARTS) is 1. The van der Waals surface area contributed by atoms with E-state index in [1.807, 2.05) is 13.8 Å². The summed E-state index contributed by atoms with van der Waals surface area (Å²) in [7, 11) is 1.38. The number of nitrogens with one attached hydrogen (secondary N) is 1. The second kappa shape index (κ2) is 6.73. The summed E-state index contributed by atoms with van der Waals surface area (Å²) in [4.78, 5) is 22.6. The molecule has 2 N–H and O–H groups in total. The first-order valence-corrected chi connectivity index (χ1v) is 6.52. The van der Waals surface area contributed by atoms with Crippen molar-refractivity contribution in [2.75, 3.05) is 7.11 Å². The Morgan fingerprint density at radius 3 is 2.50 bits per heavy atom. The summed E-state index contributed by atoms with van der Waals surface area (Å²) in [5.41, 5.74) is 0. The summed E-state index contributed by atoms with van der Waals surface area (Å²) < 4.78 is 4.77. The highest BCUT2D eigenvalue weighted by molar-refractivity contribution is 5.76. The number of methoxy groups -OCH3 is 1. The van der Waals surface area contributed by atoms with Crippen LogP contribution in [-0.2, 0) is 14.3 Å². The predicted octanol–water partition coefficient (Wildman–Crippen LogP) is 1.42. The second-order valence-corrected chi connectivity index (χ2v) is 5.31. The van der Waals surface area contributed by atoms with Gasteiger partial charge in [0, 0.05) is 6.04 Å². The molecule has 0 radical (unpaired) electrons. The third-order valence-electron chi connectivity index (χ3n) is 3.56. The Labute approximate surface area is 108 Å². The molecule has 3 unspecified atom stereocenters. The molecule has 18 heavy (non-hydrogen) atoms. The van der Waals surface area contributed by atoms with Gasteiger partial charge in [-0.3, -0.25) is 9.59 Å². The first-order valence-electron chi connectivity index (χ1n) is 6.52. The van der Waals surface area contributed by atoms with Crippen LogP contribution >= 0.6 is 0 Å². The van der Waals surface area contributed by atoms with E-state index in [0.717, 1.165) is 19.3 Å². The van der Waals surface area contributed by atoms with Crippen LogP contribution in [0.1, 0.15) is 39.5 Å². The van der Waals surface area contributed by atoms with E-state index in [4.69, 9.17) is 9.84 Å². The molecular weight excluding hydrogens is 234 g/mol. The molecule has 104 valence electrons. The Morgan fingerprint density at radius 2 is 2.00 bits per heavy atom. The molecule has 1 saturated carbocycles. The Morgan fingerprint density at radius 1 is 1.33 bits per heavy atom. The minimum Gasteiger partial charge on any atom is -0.481 e. The van der Waals surface area contributed by atoms with Gasteiger partial charge in [0.2, 0.25) is 0 Å². The SMILES string of the molecule is COC(=O)C(NC1CCCC(C(=O)O)C1)C(C)C. The number of aliphatic carboxylic acids is 1. The highest BCUT2D eigenvalue weighted by atomic mass is 16.5. The minimum absolute atomic E-state index is 0.0892. The van der Waals surface area contributed by atoms with E-state index in [-0.39, 0.29) is 29.9 Å². The first kappa shape index (κ1) is 15.0. The van der Waals surface area contributed by atoms with Gasteiger partial charge in [-0.05, 0) is 25.2 Å². The molecule has 3 atom stereocenters. The minimum atomic E-state index is -0.735. The Bertz CT molecular complexity index is 303. The molecule has 5 heteroatoms. The van der Waals surface area contributed by atoms with Crippen LogP contribution in [0.2, 0.25) is 0 Å². The van der Waals surface area contributed by atoms with Gasteiger partial charge in [-0.15, -0.1) is 0 Å². The molecule has 1 rings (SSSR count). The van der Waals surface area contributed by atoms with Crippen molar-refractivity contribution in [3.63, 3.8) is 0 Å². The van der Waals surface area contributed by atoms with E-state index >= 15 is 0 Å². The lowest BCUT2D eigenvalue weighted by molar-refractivity contribution is -0.144. The van der Waals surface area contributed by atoms with Crippen molar-refractivity contribution in [3.05, 3.63) is 0 Å². The first-order chi connectivity index (χ1) is 8.45. The van der Waals surface area contributed by atoms with Crippen molar-refractivity contribution in [3.8, 4) is 0 Å². The zero-order valence-corrected chi connectivity index (χ0v) is 11.3. The Kier molecular flexibility index (Phi) is 5.59. The normalized spacial score (nSPS) is 25.8. The quantitative estimate of drug-likeness (QED) is 0.728. The van der Waals surface area contributed by atoms with Crippen LogP contribution in [0.25, 0.3) is 0 Å². The standard InChI is InChI=1S/C13H23NO4/c1-8(2)11(13(17)18-3)14-10-6-4-5-9(7-10)12(15)16/h8-11,14H,4-7H2,1-3H3,(H,15,16). The smallest absolute Gasteiger partial charge is 0.323 e. The van der Waals surface area contributed by atoms with Crippen LogP contribution in [0.4, 0.5) is 0 Å². The van der Waals surface area contributed by atoms with Crippen LogP contribution in [0, 0.1) is 11.8 Å². The summed E-state index contributed by atoms with van der Waals surface area (Å²) in [6.07, 6.45) is 3.14. The highest BCUT2D eigenvalue weighted by Gasteiger charge is 2.31. The van der Waals surface area contributed by atoms with Gasteiger partial charge >= 0.3 is 11.9 Å². The van der Waals surface area contributed by atoms with Gasteiger partial charge in [-0.1, -0.05) is 20.3 Å². The van der Waals surface area contributed by atoms with Crippen LogP contribution in [0.15, 0.2) is 0 Å². The predicted molar refractivity (Wildman–Crippen MR) is 67.2 cm³/mol. The van der Waals surface area contributed by atoms with Crippen molar-refractivity contribution in [1.82, 2.24) is 5.32 Å². The van der Waals surface area contributed by atoms with Crippen molar-refractivity contribution in [1.29, 1.82) is 0 Å². The highest BCUT2D eigenvalue weighted by Crippen LogP contribution is 2.25. The average molecular weight is 257 g/mol. The van der Waals surface area contributed by atoms with Crippen molar-refractivity contribution >= 4 is 11.9 Å². The fourth-order valence-corrected chi connectivity index (χ4v) is 2.48. The molecular formula is C13H23NO4. The number of rotatable bonds is 5. The third kappa shape index (κ3) is 3.98. The van der Waals surface area contributed by atoms with Crippen molar-refractivity contribution < 1.29 is 19.4 Å². The lowest BCUT2D eigenvalue weighted by Crippen LogP contribution is -2.49. The Hall–Kier alpha value is -1.10. The van der Waals surface area contributed by atoms with Crippen molar-refractivity contribution in [2.24, 2.45) is 11.8 Å². The number of esters is 1. The zero-order chi connectivity index (χ0) is 13.7. The summed E-state index contributed by atoms with van der Waals surface area (Å²) >= 11 is 0. The number of carboxylic acids is 1. The molecule has 0 saturated heterocycles. The van der Waals surface area contributed by atoms with Gasteiger partial charge in [0.25, 0.3) is 0 Å². The number of hydrogen-bond acceptors (Lipinski definition) is 4. The molecule has 0 amide bonds. The van der Waals surface area contributed by atoms with E-state index < -0.39 is 5.97 Å². The van der Waals surface area contributed by atoms with Gasteiger partial charge in [-0.25, -0.2) is 0 Å². The van der Waals surface area contributed by atoms with Crippen LogP contribution in [0.5, 0.6) is 0 Å².